The highest BCUT2D eigenvalue weighted by molar-refractivity contribution is 6.31. The van der Waals surface area contributed by atoms with Crippen molar-refractivity contribution in [2.45, 2.75) is 13.1 Å². The van der Waals surface area contributed by atoms with Crippen LogP contribution < -0.4 is 14.8 Å². The van der Waals surface area contributed by atoms with E-state index >= 15 is 0 Å². The van der Waals surface area contributed by atoms with Crippen LogP contribution in [0.4, 0.5) is 18.9 Å². The van der Waals surface area contributed by atoms with Crippen molar-refractivity contribution in [3.8, 4) is 11.5 Å². The minimum Gasteiger partial charge on any atom is -0.490 e. The molecule has 2 aromatic rings. The standard InChI is InChI=1S/C17H15ClF3NO3/c1-2-24-14-5-3-4-6-15(14)25-10-16(23)22-11-7-8-13(18)12(9-11)17(19,20)21/h3-9H,2,10H2,1H3,(H,22,23). The number of hydrogen-bond acceptors (Lipinski definition) is 3. The van der Waals surface area contributed by atoms with Crippen molar-refractivity contribution in [2.24, 2.45) is 0 Å². The van der Waals surface area contributed by atoms with Gasteiger partial charge in [0.25, 0.3) is 5.91 Å². The molecule has 0 saturated heterocycles. The van der Waals surface area contributed by atoms with Crippen LogP contribution >= 0.6 is 11.6 Å². The topological polar surface area (TPSA) is 47.6 Å². The molecule has 4 nitrogen and oxygen atoms in total. The second kappa shape index (κ2) is 8.11. The second-order valence-electron chi connectivity index (χ2n) is 4.91. The van der Waals surface area contributed by atoms with Gasteiger partial charge in [0.15, 0.2) is 18.1 Å². The quantitative estimate of drug-likeness (QED) is 0.793. The van der Waals surface area contributed by atoms with E-state index in [1.54, 1.807) is 24.3 Å². The number of amides is 1. The van der Waals surface area contributed by atoms with Crippen LogP contribution in [-0.4, -0.2) is 19.1 Å². The van der Waals surface area contributed by atoms with Gasteiger partial charge in [-0.05, 0) is 37.3 Å². The minimum absolute atomic E-state index is 0.0246. The fourth-order valence-corrected chi connectivity index (χ4v) is 2.23. The number of para-hydroxylation sites is 2. The summed E-state index contributed by atoms with van der Waals surface area (Å²) in [6, 6.07) is 9.91. The molecule has 1 amide bonds. The van der Waals surface area contributed by atoms with Crippen LogP contribution in [0.1, 0.15) is 12.5 Å². The van der Waals surface area contributed by atoms with Gasteiger partial charge in [0.1, 0.15) is 0 Å². The van der Waals surface area contributed by atoms with E-state index in [2.05, 4.69) is 5.32 Å². The second-order valence-corrected chi connectivity index (χ2v) is 5.32. The van der Waals surface area contributed by atoms with Gasteiger partial charge in [-0.3, -0.25) is 4.79 Å². The third-order valence-electron chi connectivity index (χ3n) is 3.06. The van der Waals surface area contributed by atoms with Gasteiger partial charge in [-0.15, -0.1) is 0 Å². The molecular formula is C17H15ClF3NO3. The molecule has 25 heavy (non-hydrogen) atoms. The average molecular weight is 374 g/mol. The number of ether oxygens (including phenoxy) is 2. The highest BCUT2D eigenvalue weighted by Crippen LogP contribution is 2.36. The monoisotopic (exact) mass is 373 g/mol. The van der Waals surface area contributed by atoms with E-state index in [9.17, 15) is 18.0 Å². The normalized spacial score (nSPS) is 11.1. The van der Waals surface area contributed by atoms with Crippen molar-refractivity contribution in [3.63, 3.8) is 0 Å². The number of benzene rings is 2. The zero-order valence-corrected chi connectivity index (χ0v) is 13.9. The predicted octanol–water partition coefficient (Wildman–Crippen LogP) is 4.78. The number of anilines is 1. The Morgan fingerprint density at radius 2 is 1.76 bits per heavy atom. The van der Waals surface area contributed by atoms with Crippen molar-refractivity contribution in [1.29, 1.82) is 0 Å². The molecule has 0 bridgehead atoms. The molecule has 0 saturated carbocycles. The first-order valence-corrected chi connectivity index (χ1v) is 7.70. The average Bonchev–Trinajstić information content (AvgIpc) is 2.55. The summed E-state index contributed by atoms with van der Waals surface area (Å²) in [4.78, 5) is 11.9. The van der Waals surface area contributed by atoms with E-state index in [1.165, 1.54) is 6.07 Å². The van der Waals surface area contributed by atoms with Crippen molar-refractivity contribution < 1.29 is 27.4 Å². The third-order valence-corrected chi connectivity index (χ3v) is 3.39. The van der Waals surface area contributed by atoms with Gasteiger partial charge in [-0.2, -0.15) is 13.2 Å². The van der Waals surface area contributed by atoms with Crippen molar-refractivity contribution >= 4 is 23.2 Å². The molecule has 0 aliphatic heterocycles. The molecule has 134 valence electrons. The van der Waals surface area contributed by atoms with Crippen LogP contribution in [0, 0.1) is 0 Å². The highest BCUT2D eigenvalue weighted by Gasteiger charge is 2.33. The van der Waals surface area contributed by atoms with Gasteiger partial charge in [-0.25, -0.2) is 0 Å². The molecule has 1 N–H and O–H groups in total. The molecule has 0 atom stereocenters. The zero-order valence-electron chi connectivity index (χ0n) is 13.2. The molecule has 0 aromatic heterocycles. The summed E-state index contributed by atoms with van der Waals surface area (Å²) in [7, 11) is 0. The summed E-state index contributed by atoms with van der Waals surface area (Å²) in [5.74, 6) is 0.233. The van der Waals surface area contributed by atoms with Gasteiger partial charge in [0.05, 0.1) is 17.2 Å². The summed E-state index contributed by atoms with van der Waals surface area (Å²) < 4.78 is 49.2. The number of hydrogen-bond donors (Lipinski definition) is 1. The lowest BCUT2D eigenvalue weighted by Crippen LogP contribution is -2.20. The summed E-state index contributed by atoms with van der Waals surface area (Å²) in [6.07, 6.45) is -4.61. The Labute approximate surface area is 147 Å². The maximum Gasteiger partial charge on any atom is 0.417 e. The maximum atomic E-state index is 12.8. The molecule has 0 aliphatic carbocycles. The molecule has 0 spiro atoms. The SMILES string of the molecule is CCOc1ccccc1OCC(=O)Nc1ccc(Cl)c(C(F)(F)F)c1. The maximum absolute atomic E-state index is 12.8. The number of nitrogens with one attached hydrogen (secondary N) is 1. The van der Waals surface area contributed by atoms with E-state index in [-0.39, 0.29) is 12.3 Å². The first-order valence-electron chi connectivity index (χ1n) is 7.32. The fourth-order valence-electron chi connectivity index (χ4n) is 2.00. The number of rotatable bonds is 6. The van der Waals surface area contributed by atoms with E-state index < -0.39 is 22.7 Å². The van der Waals surface area contributed by atoms with E-state index in [0.717, 1.165) is 12.1 Å². The van der Waals surface area contributed by atoms with Gasteiger partial charge in [0, 0.05) is 5.69 Å². The first-order chi connectivity index (χ1) is 11.8. The van der Waals surface area contributed by atoms with Crippen LogP contribution in [0.2, 0.25) is 5.02 Å². The van der Waals surface area contributed by atoms with Crippen LogP contribution in [0.3, 0.4) is 0 Å². The molecule has 8 heteroatoms. The highest BCUT2D eigenvalue weighted by atomic mass is 35.5. The Bertz CT molecular complexity index is 750. The van der Waals surface area contributed by atoms with Gasteiger partial charge in [0.2, 0.25) is 0 Å². The molecule has 0 heterocycles. The number of halogens is 4. The Morgan fingerprint density at radius 1 is 1.12 bits per heavy atom. The van der Waals surface area contributed by atoms with Crippen LogP contribution in [0.5, 0.6) is 11.5 Å². The molecular weight excluding hydrogens is 359 g/mol. The van der Waals surface area contributed by atoms with Crippen molar-refractivity contribution in [3.05, 3.63) is 53.1 Å². The molecule has 2 aromatic carbocycles. The molecule has 0 radical (unpaired) electrons. The zero-order chi connectivity index (χ0) is 18.4. The Morgan fingerprint density at radius 3 is 2.36 bits per heavy atom. The van der Waals surface area contributed by atoms with Gasteiger partial charge >= 0.3 is 6.18 Å². The summed E-state index contributed by atoms with van der Waals surface area (Å²) in [5, 5.41) is 1.90. The van der Waals surface area contributed by atoms with E-state index in [1.807, 2.05) is 6.92 Å². The lowest BCUT2D eigenvalue weighted by atomic mass is 10.2. The molecule has 2 rings (SSSR count). The predicted molar refractivity (Wildman–Crippen MR) is 88.2 cm³/mol. The van der Waals surface area contributed by atoms with E-state index in [4.69, 9.17) is 21.1 Å². The Balaban J connectivity index is 2.02. The number of carbonyl (C=O) groups is 1. The number of carbonyl (C=O) groups excluding carboxylic acids is 1. The Hall–Kier alpha value is -2.41. The summed E-state index contributed by atoms with van der Waals surface area (Å²) >= 11 is 5.53. The summed E-state index contributed by atoms with van der Waals surface area (Å²) in [6.45, 7) is 1.86. The minimum atomic E-state index is -4.61. The third kappa shape index (κ3) is 5.29. The smallest absolute Gasteiger partial charge is 0.417 e. The van der Waals surface area contributed by atoms with Crippen LogP contribution in [-0.2, 0) is 11.0 Å². The first kappa shape index (κ1) is 18.9. The van der Waals surface area contributed by atoms with Crippen LogP contribution in [0.15, 0.2) is 42.5 Å². The van der Waals surface area contributed by atoms with Crippen molar-refractivity contribution in [2.75, 3.05) is 18.5 Å². The summed E-state index contributed by atoms with van der Waals surface area (Å²) in [5.41, 5.74) is -1.04. The lowest BCUT2D eigenvalue weighted by molar-refractivity contribution is -0.137. The van der Waals surface area contributed by atoms with E-state index in [0.29, 0.717) is 18.1 Å². The molecule has 0 unspecified atom stereocenters. The fraction of sp³-hybridized carbons (Fsp3) is 0.235. The van der Waals surface area contributed by atoms with Gasteiger partial charge < -0.3 is 14.8 Å². The van der Waals surface area contributed by atoms with Crippen LogP contribution in [0.25, 0.3) is 0 Å². The lowest BCUT2D eigenvalue weighted by Gasteiger charge is -2.13. The van der Waals surface area contributed by atoms with Crippen molar-refractivity contribution in [1.82, 2.24) is 0 Å². The largest absolute Gasteiger partial charge is 0.490 e. The molecule has 0 aliphatic rings. The van der Waals surface area contributed by atoms with Gasteiger partial charge in [-0.1, -0.05) is 23.7 Å². The Kier molecular flexibility index (Phi) is 6.14. The number of alkyl halides is 3. The molecule has 0 fully saturated rings.